The normalized spacial score (nSPS) is 11.2. The van der Waals surface area contributed by atoms with Crippen molar-refractivity contribution in [3.8, 4) is 0 Å². The van der Waals surface area contributed by atoms with Crippen LogP contribution in [0.3, 0.4) is 0 Å². The van der Waals surface area contributed by atoms with Gasteiger partial charge < -0.3 is 10.6 Å². The summed E-state index contributed by atoms with van der Waals surface area (Å²) in [6.07, 6.45) is 1.76. The second kappa shape index (κ2) is 8.20. The largest absolute Gasteiger partial charge is 0.354 e. The van der Waals surface area contributed by atoms with E-state index in [1.165, 1.54) is 23.5 Å². The van der Waals surface area contributed by atoms with Crippen LogP contribution in [0, 0.1) is 5.82 Å². The SMILES string of the molecule is CC(C)(C)c1ncc(C(=O)NCCNC(=O)Cc2ccc(F)cc2)s1. The first kappa shape index (κ1) is 19.1. The van der Waals surface area contributed by atoms with Crippen LogP contribution in [0.15, 0.2) is 30.5 Å². The minimum atomic E-state index is -0.329. The number of amides is 2. The Morgan fingerprint density at radius 2 is 1.76 bits per heavy atom. The Hall–Kier alpha value is -2.28. The number of thiazole rings is 1. The van der Waals surface area contributed by atoms with E-state index in [2.05, 4.69) is 15.6 Å². The Kier molecular flexibility index (Phi) is 6.25. The van der Waals surface area contributed by atoms with E-state index in [0.29, 0.717) is 18.0 Å². The fourth-order valence-corrected chi connectivity index (χ4v) is 2.93. The topological polar surface area (TPSA) is 71.1 Å². The summed E-state index contributed by atoms with van der Waals surface area (Å²) >= 11 is 1.37. The maximum atomic E-state index is 12.8. The van der Waals surface area contributed by atoms with Crippen LogP contribution in [0.1, 0.15) is 41.0 Å². The summed E-state index contributed by atoms with van der Waals surface area (Å²) in [7, 11) is 0. The number of nitrogens with one attached hydrogen (secondary N) is 2. The molecule has 5 nitrogen and oxygen atoms in total. The van der Waals surface area contributed by atoms with E-state index in [0.717, 1.165) is 10.6 Å². The third kappa shape index (κ3) is 5.94. The summed E-state index contributed by atoms with van der Waals surface area (Å²) in [5, 5.41) is 6.39. The average Bonchev–Trinajstić information content (AvgIpc) is 3.04. The first-order valence-corrected chi connectivity index (χ1v) is 8.83. The van der Waals surface area contributed by atoms with Gasteiger partial charge in [-0.05, 0) is 17.7 Å². The highest BCUT2D eigenvalue weighted by molar-refractivity contribution is 7.13. The van der Waals surface area contributed by atoms with Gasteiger partial charge in [-0.3, -0.25) is 9.59 Å². The first-order valence-electron chi connectivity index (χ1n) is 8.01. The van der Waals surface area contributed by atoms with E-state index < -0.39 is 0 Å². The number of hydrogen-bond acceptors (Lipinski definition) is 4. The molecule has 0 radical (unpaired) electrons. The molecule has 2 aromatic rings. The Morgan fingerprint density at radius 1 is 1.12 bits per heavy atom. The van der Waals surface area contributed by atoms with Gasteiger partial charge in [-0.2, -0.15) is 0 Å². The minimum absolute atomic E-state index is 0.0858. The van der Waals surface area contributed by atoms with Crippen molar-refractivity contribution >= 4 is 23.2 Å². The predicted octanol–water partition coefficient (Wildman–Crippen LogP) is 2.67. The summed E-state index contributed by atoms with van der Waals surface area (Å²) in [6, 6.07) is 5.80. The molecule has 0 saturated heterocycles. The van der Waals surface area contributed by atoms with Crippen molar-refractivity contribution in [2.45, 2.75) is 32.6 Å². The third-order valence-corrected chi connectivity index (χ3v) is 4.80. The summed E-state index contributed by atoms with van der Waals surface area (Å²) in [5.74, 6) is -0.695. The van der Waals surface area contributed by atoms with Gasteiger partial charge in [0.1, 0.15) is 10.7 Å². The van der Waals surface area contributed by atoms with Crippen LogP contribution in [0.4, 0.5) is 4.39 Å². The molecule has 0 bridgehead atoms. The van der Waals surface area contributed by atoms with Crippen LogP contribution in [-0.4, -0.2) is 29.9 Å². The number of halogens is 1. The lowest BCUT2D eigenvalue weighted by molar-refractivity contribution is -0.120. The van der Waals surface area contributed by atoms with Gasteiger partial charge in [0.05, 0.1) is 17.6 Å². The van der Waals surface area contributed by atoms with Gasteiger partial charge in [0.2, 0.25) is 5.91 Å². The molecule has 0 fully saturated rings. The molecule has 0 aliphatic heterocycles. The number of carbonyl (C=O) groups excluding carboxylic acids is 2. The molecule has 1 heterocycles. The molecule has 1 aromatic carbocycles. The molecule has 0 unspecified atom stereocenters. The van der Waals surface area contributed by atoms with Crippen LogP contribution in [0.25, 0.3) is 0 Å². The molecule has 0 saturated carbocycles. The van der Waals surface area contributed by atoms with Gasteiger partial charge in [0.15, 0.2) is 0 Å². The standard InChI is InChI=1S/C18H22FN3O2S/c1-18(2,3)17-22-11-14(25-17)16(24)21-9-8-20-15(23)10-12-4-6-13(19)7-5-12/h4-7,11H,8-10H2,1-3H3,(H,20,23)(H,21,24). The van der Waals surface area contributed by atoms with Crippen molar-refractivity contribution in [3.05, 3.63) is 51.7 Å². The quantitative estimate of drug-likeness (QED) is 0.775. The highest BCUT2D eigenvalue weighted by Gasteiger charge is 2.20. The van der Waals surface area contributed by atoms with Crippen LogP contribution in [0.5, 0.6) is 0 Å². The van der Waals surface area contributed by atoms with Gasteiger partial charge >= 0.3 is 0 Å². The zero-order valence-corrected chi connectivity index (χ0v) is 15.4. The monoisotopic (exact) mass is 363 g/mol. The van der Waals surface area contributed by atoms with Crippen molar-refractivity contribution in [1.82, 2.24) is 15.6 Å². The average molecular weight is 363 g/mol. The van der Waals surface area contributed by atoms with Crippen molar-refractivity contribution in [1.29, 1.82) is 0 Å². The molecule has 0 aliphatic rings. The number of carbonyl (C=O) groups is 2. The van der Waals surface area contributed by atoms with Crippen molar-refractivity contribution in [3.63, 3.8) is 0 Å². The lowest BCUT2D eigenvalue weighted by Crippen LogP contribution is -2.35. The molecule has 0 atom stereocenters. The summed E-state index contributed by atoms with van der Waals surface area (Å²) < 4.78 is 12.8. The molecule has 134 valence electrons. The minimum Gasteiger partial charge on any atom is -0.354 e. The smallest absolute Gasteiger partial charge is 0.263 e. The molecule has 1 aromatic heterocycles. The zero-order chi connectivity index (χ0) is 18.4. The van der Waals surface area contributed by atoms with Crippen LogP contribution >= 0.6 is 11.3 Å². The molecule has 2 N–H and O–H groups in total. The number of benzene rings is 1. The summed E-state index contributed by atoms with van der Waals surface area (Å²) in [4.78, 5) is 28.7. The van der Waals surface area contributed by atoms with E-state index in [1.54, 1.807) is 18.3 Å². The maximum absolute atomic E-state index is 12.8. The molecule has 7 heteroatoms. The Labute approximate surface area is 150 Å². The van der Waals surface area contributed by atoms with Crippen LogP contribution < -0.4 is 10.6 Å². The third-order valence-electron chi connectivity index (χ3n) is 3.38. The second-order valence-electron chi connectivity index (χ2n) is 6.69. The second-order valence-corrected chi connectivity index (χ2v) is 7.72. The summed E-state index contributed by atoms with van der Waals surface area (Å²) in [5.41, 5.74) is 0.652. The molecule has 0 spiro atoms. The lowest BCUT2D eigenvalue weighted by atomic mass is 9.98. The molecular weight excluding hydrogens is 341 g/mol. The van der Waals surface area contributed by atoms with Gasteiger partial charge in [-0.1, -0.05) is 32.9 Å². The molecule has 25 heavy (non-hydrogen) atoms. The van der Waals surface area contributed by atoms with Gasteiger partial charge in [0, 0.05) is 18.5 Å². The highest BCUT2D eigenvalue weighted by atomic mass is 32.1. The fourth-order valence-electron chi connectivity index (χ4n) is 2.04. The zero-order valence-electron chi connectivity index (χ0n) is 14.6. The van der Waals surface area contributed by atoms with E-state index in [9.17, 15) is 14.0 Å². The Bertz CT molecular complexity index is 736. The Balaban J connectivity index is 1.71. The van der Waals surface area contributed by atoms with Crippen LogP contribution in [0.2, 0.25) is 0 Å². The molecule has 2 rings (SSSR count). The highest BCUT2D eigenvalue weighted by Crippen LogP contribution is 2.26. The van der Waals surface area contributed by atoms with Crippen LogP contribution in [-0.2, 0) is 16.6 Å². The van der Waals surface area contributed by atoms with Gasteiger partial charge in [-0.15, -0.1) is 11.3 Å². The molecule has 2 amide bonds. The number of nitrogens with zero attached hydrogens (tertiary/aromatic N) is 1. The van der Waals surface area contributed by atoms with Gasteiger partial charge in [-0.25, -0.2) is 9.37 Å². The number of rotatable bonds is 6. The first-order chi connectivity index (χ1) is 11.8. The van der Waals surface area contributed by atoms with Gasteiger partial charge in [0.25, 0.3) is 5.91 Å². The predicted molar refractivity (Wildman–Crippen MR) is 96.3 cm³/mol. The Morgan fingerprint density at radius 3 is 2.36 bits per heavy atom. The number of hydrogen-bond donors (Lipinski definition) is 2. The van der Waals surface area contributed by atoms with Crippen molar-refractivity contribution in [2.24, 2.45) is 0 Å². The number of aromatic nitrogens is 1. The summed E-state index contributed by atoms with van der Waals surface area (Å²) in [6.45, 7) is 6.80. The molecular formula is C18H22FN3O2S. The fraction of sp³-hybridized carbons (Fsp3) is 0.389. The van der Waals surface area contributed by atoms with E-state index in [1.807, 2.05) is 20.8 Å². The molecule has 0 aliphatic carbocycles. The van der Waals surface area contributed by atoms with E-state index in [4.69, 9.17) is 0 Å². The van der Waals surface area contributed by atoms with E-state index in [-0.39, 0.29) is 29.5 Å². The van der Waals surface area contributed by atoms with Crippen molar-refractivity contribution < 1.29 is 14.0 Å². The maximum Gasteiger partial charge on any atom is 0.263 e. The van der Waals surface area contributed by atoms with Crippen molar-refractivity contribution in [2.75, 3.05) is 13.1 Å². The van der Waals surface area contributed by atoms with E-state index >= 15 is 0 Å². The lowest BCUT2D eigenvalue weighted by Gasteiger charge is -2.13.